The van der Waals surface area contributed by atoms with Crippen molar-refractivity contribution in [2.75, 3.05) is 14.2 Å². The summed E-state index contributed by atoms with van der Waals surface area (Å²) in [5.41, 5.74) is 4.64. The highest BCUT2D eigenvalue weighted by Crippen LogP contribution is 2.42. The highest BCUT2D eigenvalue weighted by atomic mass is 16.5. The van der Waals surface area contributed by atoms with Crippen LogP contribution in [0.3, 0.4) is 0 Å². The number of hydrogen-bond acceptors (Lipinski definition) is 3. The van der Waals surface area contributed by atoms with E-state index in [4.69, 9.17) is 9.47 Å². The van der Waals surface area contributed by atoms with E-state index in [1.807, 2.05) is 24.0 Å². The fourth-order valence-corrected chi connectivity index (χ4v) is 4.21. The summed E-state index contributed by atoms with van der Waals surface area (Å²) in [4.78, 5) is 15.5. The fourth-order valence-electron chi connectivity index (χ4n) is 4.21. The highest BCUT2D eigenvalue weighted by molar-refractivity contribution is 6.03. The smallest absolute Gasteiger partial charge is 0.254 e. The number of rotatable bonds is 10. The molecular weight excluding hydrogens is 386 g/mol. The molecule has 0 fully saturated rings. The molecule has 0 heterocycles. The predicted octanol–water partition coefficient (Wildman–Crippen LogP) is 6.67. The van der Waals surface area contributed by atoms with E-state index in [-0.39, 0.29) is 18.0 Å². The molecule has 0 bridgehead atoms. The maximum absolute atomic E-state index is 13.6. The molecule has 2 aromatic rings. The molecule has 170 valence electrons. The summed E-state index contributed by atoms with van der Waals surface area (Å²) < 4.78 is 11.6. The zero-order valence-electron chi connectivity index (χ0n) is 20.5. The lowest BCUT2D eigenvalue weighted by Gasteiger charge is -2.32. The average molecular weight is 426 g/mol. The molecule has 1 amide bonds. The summed E-state index contributed by atoms with van der Waals surface area (Å²) in [6, 6.07) is 10.4. The molecule has 0 saturated carbocycles. The van der Waals surface area contributed by atoms with Gasteiger partial charge in [-0.1, -0.05) is 37.5 Å². The van der Waals surface area contributed by atoms with Crippen LogP contribution in [-0.4, -0.2) is 37.1 Å². The molecule has 4 nitrogen and oxygen atoms in total. The first-order valence-corrected chi connectivity index (χ1v) is 11.4. The lowest BCUT2D eigenvalue weighted by atomic mass is 9.93. The zero-order chi connectivity index (χ0) is 23.1. The molecule has 4 heteroatoms. The molecule has 0 aliphatic heterocycles. The number of methoxy groups -OCH3 is 2. The molecule has 2 rings (SSSR count). The zero-order valence-corrected chi connectivity index (χ0v) is 20.5. The first-order valence-electron chi connectivity index (χ1n) is 11.4. The van der Waals surface area contributed by atoms with Gasteiger partial charge in [0.15, 0.2) is 0 Å². The molecule has 0 radical (unpaired) electrons. The molecule has 0 aliphatic carbocycles. The molecule has 0 N–H and O–H groups in total. The largest absolute Gasteiger partial charge is 0.496 e. The van der Waals surface area contributed by atoms with Gasteiger partial charge in [0.1, 0.15) is 11.5 Å². The van der Waals surface area contributed by atoms with Crippen LogP contribution in [-0.2, 0) is 6.42 Å². The van der Waals surface area contributed by atoms with Gasteiger partial charge < -0.3 is 14.4 Å². The summed E-state index contributed by atoms with van der Waals surface area (Å²) in [5.74, 6) is 1.51. The normalized spacial score (nSPS) is 11.2. The van der Waals surface area contributed by atoms with Gasteiger partial charge in [-0.3, -0.25) is 4.79 Å². The third-order valence-corrected chi connectivity index (χ3v) is 5.66. The van der Waals surface area contributed by atoms with Crippen LogP contribution < -0.4 is 9.47 Å². The van der Waals surface area contributed by atoms with Crippen LogP contribution in [0.15, 0.2) is 30.3 Å². The minimum atomic E-state index is 0.0242. The van der Waals surface area contributed by atoms with E-state index in [1.165, 1.54) is 18.4 Å². The summed E-state index contributed by atoms with van der Waals surface area (Å²) >= 11 is 0. The van der Waals surface area contributed by atoms with Crippen LogP contribution in [0.1, 0.15) is 75.4 Å². The van der Waals surface area contributed by atoms with E-state index < -0.39 is 0 Å². The van der Waals surface area contributed by atoms with Crippen molar-refractivity contribution < 1.29 is 14.3 Å². The van der Waals surface area contributed by atoms with Gasteiger partial charge in [-0.2, -0.15) is 0 Å². The van der Waals surface area contributed by atoms with Crippen molar-refractivity contribution in [3.63, 3.8) is 0 Å². The van der Waals surface area contributed by atoms with Crippen LogP contribution in [0.2, 0.25) is 0 Å². The Morgan fingerprint density at radius 1 is 0.935 bits per heavy atom. The van der Waals surface area contributed by atoms with Crippen molar-refractivity contribution in [2.45, 2.75) is 79.3 Å². The van der Waals surface area contributed by atoms with Gasteiger partial charge in [0.2, 0.25) is 0 Å². The van der Waals surface area contributed by atoms with E-state index in [0.29, 0.717) is 5.56 Å². The molecular formula is C27H39NO3. The van der Waals surface area contributed by atoms with Gasteiger partial charge in [0.25, 0.3) is 5.91 Å². The van der Waals surface area contributed by atoms with Crippen LogP contribution in [0.5, 0.6) is 11.5 Å². The lowest BCUT2D eigenvalue weighted by Crippen LogP contribution is -2.42. The average Bonchev–Trinajstić information content (AvgIpc) is 2.72. The number of carbonyl (C=O) groups excluding carboxylic acids is 1. The summed E-state index contributed by atoms with van der Waals surface area (Å²) in [7, 11) is 3.36. The molecule has 0 atom stereocenters. The summed E-state index contributed by atoms with van der Waals surface area (Å²) in [5, 5.41) is 0. The van der Waals surface area contributed by atoms with Crippen LogP contribution in [0.4, 0.5) is 0 Å². The Balaban J connectivity index is 2.67. The van der Waals surface area contributed by atoms with E-state index >= 15 is 0 Å². The maximum Gasteiger partial charge on any atom is 0.254 e. The van der Waals surface area contributed by atoms with E-state index in [1.54, 1.807) is 14.2 Å². The molecule has 31 heavy (non-hydrogen) atoms. The number of ether oxygens (including phenoxy) is 2. The van der Waals surface area contributed by atoms with Crippen molar-refractivity contribution in [1.29, 1.82) is 0 Å². The number of nitrogens with zero attached hydrogens (tertiary/aromatic N) is 1. The number of aryl methyl sites for hydroxylation is 2. The van der Waals surface area contributed by atoms with E-state index in [0.717, 1.165) is 41.0 Å². The SMILES string of the molecule is CCCCCc1cc(OC)c(-c2cc(C)ccc2C(=O)N(C(C)C)C(C)C)c(OC)c1. The third-order valence-electron chi connectivity index (χ3n) is 5.66. The second kappa shape index (κ2) is 11.2. The monoisotopic (exact) mass is 425 g/mol. The number of unbranched alkanes of at least 4 members (excludes halogenated alkanes) is 2. The van der Waals surface area contributed by atoms with Gasteiger partial charge in [-0.25, -0.2) is 0 Å². The number of benzene rings is 2. The molecule has 2 aromatic carbocycles. The van der Waals surface area contributed by atoms with E-state index in [2.05, 4.69) is 52.8 Å². The number of carbonyl (C=O) groups is 1. The standard InChI is InChI=1S/C27H39NO3/c1-9-10-11-12-21-16-24(30-7)26(25(17-21)31-8)23-15-20(6)13-14-22(23)27(29)28(18(2)3)19(4)5/h13-19H,9-12H2,1-8H3. The second-order valence-electron chi connectivity index (χ2n) is 8.78. The second-order valence-corrected chi connectivity index (χ2v) is 8.78. The maximum atomic E-state index is 13.6. The van der Waals surface area contributed by atoms with Crippen LogP contribution >= 0.6 is 0 Å². The Hall–Kier alpha value is -2.49. The highest BCUT2D eigenvalue weighted by Gasteiger charge is 2.26. The number of amides is 1. The Morgan fingerprint density at radius 2 is 1.52 bits per heavy atom. The molecule has 0 aliphatic rings. The van der Waals surface area contributed by atoms with Gasteiger partial charge in [0.05, 0.1) is 19.8 Å². The van der Waals surface area contributed by atoms with E-state index in [9.17, 15) is 4.79 Å². The Bertz CT molecular complexity index is 853. The van der Waals surface area contributed by atoms with Crippen molar-refractivity contribution in [3.8, 4) is 22.6 Å². The van der Waals surface area contributed by atoms with Gasteiger partial charge >= 0.3 is 0 Å². The van der Waals surface area contributed by atoms with Crippen molar-refractivity contribution >= 4 is 5.91 Å². The quantitative estimate of drug-likeness (QED) is 0.399. The van der Waals surface area contributed by atoms with Crippen molar-refractivity contribution in [3.05, 3.63) is 47.0 Å². The topological polar surface area (TPSA) is 38.8 Å². The Morgan fingerprint density at radius 3 is 2.00 bits per heavy atom. The molecule has 0 aromatic heterocycles. The lowest BCUT2D eigenvalue weighted by molar-refractivity contribution is 0.0644. The Kier molecular flexibility index (Phi) is 8.97. The minimum absolute atomic E-state index is 0.0242. The molecule has 0 saturated heterocycles. The molecule has 0 unspecified atom stereocenters. The Labute approximate surface area is 188 Å². The first-order chi connectivity index (χ1) is 14.7. The fraction of sp³-hybridized carbons (Fsp3) is 0.519. The molecule has 0 spiro atoms. The van der Waals surface area contributed by atoms with Crippen LogP contribution in [0, 0.1) is 6.92 Å². The minimum Gasteiger partial charge on any atom is -0.496 e. The number of hydrogen-bond donors (Lipinski definition) is 0. The summed E-state index contributed by atoms with van der Waals surface area (Å²) in [6.45, 7) is 12.5. The van der Waals surface area contributed by atoms with Gasteiger partial charge in [0, 0.05) is 23.2 Å². The van der Waals surface area contributed by atoms with Crippen molar-refractivity contribution in [2.24, 2.45) is 0 Å². The predicted molar refractivity (Wildman–Crippen MR) is 129 cm³/mol. The van der Waals surface area contributed by atoms with Gasteiger partial charge in [-0.05, 0) is 71.2 Å². The van der Waals surface area contributed by atoms with Crippen LogP contribution in [0.25, 0.3) is 11.1 Å². The third kappa shape index (κ3) is 5.81. The van der Waals surface area contributed by atoms with Crippen molar-refractivity contribution in [1.82, 2.24) is 4.90 Å². The van der Waals surface area contributed by atoms with Gasteiger partial charge in [-0.15, -0.1) is 0 Å². The summed E-state index contributed by atoms with van der Waals surface area (Å²) in [6.07, 6.45) is 4.50. The first kappa shape index (κ1) is 24.8.